The molecule has 0 saturated heterocycles. The molecule has 0 radical (unpaired) electrons. The number of aromatic nitrogens is 2. The Labute approximate surface area is 178 Å². The van der Waals surface area contributed by atoms with E-state index in [-0.39, 0.29) is 35.4 Å². The summed E-state index contributed by atoms with van der Waals surface area (Å²) in [5.41, 5.74) is 0.469. The van der Waals surface area contributed by atoms with E-state index in [1.165, 1.54) is 12.1 Å². The number of carbonyl (C=O) groups excluding carboxylic acids is 1. The topological polar surface area (TPSA) is 98.5 Å². The molecule has 0 saturated carbocycles. The van der Waals surface area contributed by atoms with Gasteiger partial charge in [-0.25, -0.2) is 4.39 Å². The number of benzene rings is 1. The molecule has 0 unspecified atom stereocenters. The summed E-state index contributed by atoms with van der Waals surface area (Å²) in [6, 6.07) is 3.60. The van der Waals surface area contributed by atoms with Gasteiger partial charge in [-0.3, -0.25) is 4.79 Å². The number of amides is 1. The first-order valence-electron chi connectivity index (χ1n) is 9.04. The van der Waals surface area contributed by atoms with Crippen LogP contribution in [0.4, 0.5) is 17.6 Å². The van der Waals surface area contributed by atoms with Crippen molar-refractivity contribution in [2.24, 2.45) is 0 Å². The fourth-order valence-corrected chi connectivity index (χ4v) is 2.66. The zero-order valence-electron chi connectivity index (χ0n) is 15.8. The van der Waals surface area contributed by atoms with Crippen LogP contribution in [0.25, 0.3) is 5.70 Å². The van der Waals surface area contributed by atoms with Gasteiger partial charge in [0.05, 0.1) is 17.1 Å². The molecule has 168 valence electrons. The van der Waals surface area contributed by atoms with Crippen LogP contribution in [0.3, 0.4) is 0 Å². The molecule has 1 aromatic heterocycles. The molecule has 2 N–H and O–H groups in total. The number of halogens is 5. The molecule has 0 fully saturated rings. The molecule has 13 heteroatoms. The van der Waals surface area contributed by atoms with Gasteiger partial charge < -0.3 is 24.5 Å². The second kappa shape index (κ2) is 9.86. The molecule has 0 aliphatic carbocycles. The summed E-state index contributed by atoms with van der Waals surface area (Å²) in [4.78, 5) is 12.0. The van der Waals surface area contributed by atoms with Gasteiger partial charge in [-0.05, 0) is 18.6 Å². The Bertz CT molecular complexity index is 951. The van der Waals surface area contributed by atoms with Gasteiger partial charge in [0.15, 0.2) is 6.61 Å². The Hall–Kier alpha value is -3.02. The smallest absolute Gasteiger partial charge is 0.414 e. The highest BCUT2D eigenvalue weighted by Crippen LogP contribution is 2.22. The zero-order valence-corrected chi connectivity index (χ0v) is 16.6. The largest absolute Gasteiger partial charge is 0.484 e. The van der Waals surface area contributed by atoms with Crippen LogP contribution in [0.5, 0.6) is 11.8 Å². The molecular formula is C18H17ClF4N4O4. The van der Waals surface area contributed by atoms with Gasteiger partial charge in [-0.1, -0.05) is 22.8 Å². The van der Waals surface area contributed by atoms with Gasteiger partial charge in [0.1, 0.15) is 18.2 Å². The van der Waals surface area contributed by atoms with E-state index < -0.39 is 30.9 Å². The molecule has 31 heavy (non-hydrogen) atoms. The van der Waals surface area contributed by atoms with Crippen LogP contribution in [0.2, 0.25) is 5.02 Å². The number of rotatable bonds is 8. The lowest BCUT2D eigenvalue weighted by molar-refractivity contribution is -0.140. The van der Waals surface area contributed by atoms with Crippen LogP contribution in [0.1, 0.15) is 18.7 Å². The van der Waals surface area contributed by atoms with E-state index in [2.05, 4.69) is 20.8 Å². The number of hydrogen-bond acceptors (Lipinski definition) is 7. The summed E-state index contributed by atoms with van der Waals surface area (Å²) in [6.07, 6.45) is -3.73. The van der Waals surface area contributed by atoms with Gasteiger partial charge in [0.2, 0.25) is 0 Å². The molecular weight excluding hydrogens is 448 g/mol. The van der Waals surface area contributed by atoms with E-state index >= 15 is 0 Å². The second-order valence-electron chi connectivity index (χ2n) is 6.45. The standard InChI is InChI=1S/C18H17ClF4N4O4/c19-12-3-2-11(7-13(12)20)30-9-15(28)25-10-1-4-14(24-8-10)16-26-27-17(31-16)29-6-5-18(21,22)23/h2-4,7,10,24H,1,5-6,8-9H2,(H,25,28)/t10-/m1/s1. The monoisotopic (exact) mass is 464 g/mol. The molecule has 1 aliphatic heterocycles. The third kappa shape index (κ3) is 7.02. The van der Waals surface area contributed by atoms with E-state index in [9.17, 15) is 22.4 Å². The predicted octanol–water partition coefficient (Wildman–Crippen LogP) is 3.09. The molecule has 1 atom stereocenters. The molecule has 1 amide bonds. The van der Waals surface area contributed by atoms with Gasteiger partial charge in [-0.2, -0.15) is 13.2 Å². The quantitative estimate of drug-likeness (QED) is 0.579. The summed E-state index contributed by atoms with van der Waals surface area (Å²) in [7, 11) is 0. The van der Waals surface area contributed by atoms with Crippen molar-refractivity contribution in [2.75, 3.05) is 19.8 Å². The van der Waals surface area contributed by atoms with E-state index in [1.807, 2.05) is 0 Å². The van der Waals surface area contributed by atoms with Crippen molar-refractivity contribution in [2.45, 2.75) is 25.1 Å². The average molecular weight is 465 g/mol. The number of hydrogen-bond donors (Lipinski definition) is 2. The average Bonchev–Trinajstić information content (AvgIpc) is 3.17. The highest BCUT2D eigenvalue weighted by atomic mass is 35.5. The fourth-order valence-electron chi connectivity index (χ4n) is 2.54. The Kier molecular flexibility index (Phi) is 7.21. The molecule has 0 spiro atoms. The van der Waals surface area contributed by atoms with Crippen LogP contribution in [0.15, 0.2) is 28.7 Å². The van der Waals surface area contributed by atoms with Crippen molar-refractivity contribution in [3.05, 3.63) is 41.0 Å². The van der Waals surface area contributed by atoms with Crippen molar-refractivity contribution in [3.63, 3.8) is 0 Å². The van der Waals surface area contributed by atoms with Crippen molar-refractivity contribution in [3.8, 4) is 11.8 Å². The van der Waals surface area contributed by atoms with Gasteiger partial charge in [0, 0.05) is 18.7 Å². The minimum Gasteiger partial charge on any atom is -0.484 e. The van der Waals surface area contributed by atoms with E-state index in [0.717, 1.165) is 6.07 Å². The van der Waals surface area contributed by atoms with E-state index in [1.54, 1.807) is 6.08 Å². The Balaban J connectivity index is 1.43. The first-order chi connectivity index (χ1) is 14.7. The van der Waals surface area contributed by atoms with Gasteiger partial charge in [-0.15, -0.1) is 5.10 Å². The Morgan fingerprint density at radius 3 is 2.81 bits per heavy atom. The highest BCUT2D eigenvalue weighted by molar-refractivity contribution is 6.30. The van der Waals surface area contributed by atoms with E-state index in [4.69, 9.17) is 25.5 Å². The summed E-state index contributed by atoms with van der Waals surface area (Å²) in [6.45, 7) is -0.604. The van der Waals surface area contributed by atoms with Crippen molar-refractivity contribution in [1.29, 1.82) is 0 Å². The molecule has 8 nitrogen and oxygen atoms in total. The number of carbonyl (C=O) groups is 1. The normalized spacial score (nSPS) is 16.3. The molecule has 2 aromatic rings. The van der Waals surface area contributed by atoms with Crippen molar-refractivity contribution < 1.29 is 36.2 Å². The Morgan fingerprint density at radius 2 is 2.13 bits per heavy atom. The third-order valence-electron chi connectivity index (χ3n) is 4.02. The van der Waals surface area contributed by atoms with Gasteiger partial charge >= 0.3 is 12.3 Å². The number of nitrogens with zero attached hydrogens (tertiary/aromatic N) is 2. The molecule has 1 aliphatic rings. The summed E-state index contributed by atoms with van der Waals surface area (Å²) in [5.74, 6) is -0.827. The predicted molar refractivity (Wildman–Crippen MR) is 99.9 cm³/mol. The minimum absolute atomic E-state index is 0.0473. The zero-order chi connectivity index (χ0) is 22.4. The summed E-state index contributed by atoms with van der Waals surface area (Å²) < 4.78 is 64.9. The van der Waals surface area contributed by atoms with Crippen LogP contribution in [-0.4, -0.2) is 48.1 Å². The number of alkyl halides is 3. The third-order valence-corrected chi connectivity index (χ3v) is 4.33. The minimum atomic E-state index is -4.34. The maximum Gasteiger partial charge on any atom is 0.414 e. The van der Waals surface area contributed by atoms with Crippen LogP contribution in [-0.2, 0) is 4.79 Å². The second-order valence-corrected chi connectivity index (χ2v) is 6.86. The maximum atomic E-state index is 13.4. The molecule has 0 bridgehead atoms. The van der Waals surface area contributed by atoms with Crippen LogP contribution >= 0.6 is 11.6 Å². The number of ether oxygens (including phenoxy) is 2. The lowest BCUT2D eigenvalue weighted by Crippen LogP contribution is -2.45. The molecule has 3 rings (SSSR count). The maximum absolute atomic E-state index is 13.4. The SMILES string of the molecule is O=C(COc1ccc(Cl)c(F)c1)N[C@@H]1CC=C(c2nnc(OCCC(F)(F)F)o2)NC1. The Morgan fingerprint density at radius 1 is 1.32 bits per heavy atom. The van der Waals surface area contributed by atoms with Crippen LogP contribution < -0.4 is 20.1 Å². The van der Waals surface area contributed by atoms with E-state index in [0.29, 0.717) is 18.7 Å². The molecule has 2 heterocycles. The summed E-state index contributed by atoms with van der Waals surface area (Å²) >= 11 is 5.58. The lowest BCUT2D eigenvalue weighted by Gasteiger charge is -2.23. The van der Waals surface area contributed by atoms with Gasteiger partial charge in [0.25, 0.3) is 11.8 Å². The number of nitrogens with one attached hydrogen (secondary N) is 2. The van der Waals surface area contributed by atoms with Crippen LogP contribution in [0, 0.1) is 5.82 Å². The highest BCUT2D eigenvalue weighted by Gasteiger charge is 2.27. The van der Waals surface area contributed by atoms with Crippen molar-refractivity contribution in [1.82, 2.24) is 20.8 Å². The fraction of sp³-hybridized carbons (Fsp3) is 0.389. The summed E-state index contributed by atoms with van der Waals surface area (Å²) in [5, 5.41) is 12.9. The molecule has 1 aromatic carbocycles. The first-order valence-corrected chi connectivity index (χ1v) is 9.42. The van der Waals surface area contributed by atoms with Crippen molar-refractivity contribution >= 4 is 23.2 Å². The lowest BCUT2D eigenvalue weighted by atomic mass is 10.1. The first kappa shape index (κ1) is 22.7.